The summed E-state index contributed by atoms with van der Waals surface area (Å²) in [7, 11) is 0. The maximum Gasteiger partial charge on any atom is 0.293 e. The molecular formula is C20H12ClNO4. The van der Waals surface area contributed by atoms with Crippen molar-refractivity contribution < 1.29 is 13.6 Å². The molecule has 1 N–H and O–H groups in total. The van der Waals surface area contributed by atoms with E-state index in [0.717, 1.165) is 0 Å². The lowest BCUT2D eigenvalue weighted by Gasteiger charge is -2.11. The summed E-state index contributed by atoms with van der Waals surface area (Å²) in [6.07, 6.45) is 1.39. The van der Waals surface area contributed by atoms with Gasteiger partial charge in [-0.1, -0.05) is 41.9 Å². The molecule has 0 atom stereocenters. The van der Waals surface area contributed by atoms with Crippen molar-refractivity contribution >= 4 is 34.4 Å². The lowest BCUT2D eigenvalue weighted by atomic mass is 10.0. The standard InChI is InChI=1S/C20H12ClNO4/c21-13-8-9-15-14(11-13)18(23)17(12-5-2-1-3-6-12)20(26-15)22-19(24)16-7-4-10-25-16/h1-11H,(H,22,24). The highest BCUT2D eigenvalue weighted by atomic mass is 35.5. The number of benzene rings is 2. The van der Waals surface area contributed by atoms with E-state index >= 15 is 0 Å². The first-order chi connectivity index (χ1) is 12.6. The molecule has 0 bridgehead atoms. The first-order valence-electron chi connectivity index (χ1n) is 7.80. The van der Waals surface area contributed by atoms with E-state index in [2.05, 4.69) is 5.32 Å². The molecule has 0 aliphatic carbocycles. The molecule has 0 spiro atoms. The minimum atomic E-state index is -0.511. The molecule has 0 aliphatic rings. The van der Waals surface area contributed by atoms with E-state index in [1.807, 2.05) is 6.07 Å². The highest BCUT2D eigenvalue weighted by Gasteiger charge is 2.20. The van der Waals surface area contributed by atoms with Gasteiger partial charge in [-0.25, -0.2) is 0 Å². The molecule has 6 heteroatoms. The number of carbonyl (C=O) groups excluding carboxylic acids is 1. The van der Waals surface area contributed by atoms with Gasteiger partial charge in [0.1, 0.15) is 5.58 Å². The first-order valence-corrected chi connectivity index (χ1v) is 8.18. The van der Waals surface area contributed by atoms with Crippen LogP contribution in [0.2, 0.25) is 5.02 Å². The van der Waals surface area contributed by atoms with E-state index in [9.17, 15) is 9.59 Å². The lowest BCUT2D eigenvalue weighted by Crippen LogP contribution is -2.16. The van der Waals surface area contributed by atoms with Crippen LogP contribution < -0.4 is 10.7 Å². The van der Waals surface area contributed by atoms with Crippen molar-refractivity contribution in [2.24, 2.45) is 0 Å². The van der Waals surface area contributed by atoms with E-state index in [1.165, 1.54) is 12.3 Å². The molecule has 4 aromatic rings. The molecule has 1 amide bonds. The van der Waals surface area contributed by atoms with Crippen LogP contribution in [0.25, 0.3) is 22.1 Å². The Kier molecular flexibility index (Phi) is 4.07. The second kappa shape index (κ2) is 6.54. The van der Waals surface area contributed by atoms with Crippen LogP contribution in [0.1, 0.15) is 10.6 Å². The molecule has 128 valence electrons. The highest BCUT2D eigenvalue weighted by Crippen LogP contribution is 2.30. The summed E-state index contributed by atoms with van der Waals surface area (Å²) in [5, 5.41) is 3.39. The molecule has 5 nitrogen and oxygen atoms in total. The smallest absolute Gasteiger partial charge is 0.293 e. The van der Waals surface area contributed by atoms with E-state index in [4.69, 9.17) is 20.4 Å². The Balaban J connectivity index is 1.94. The van der Waals surface area contributed by atoms with Crippen LogP contribution >= 0.6 is 11.6 Å². The van der Waals surface area contributed by atoms with Crippen molar-refractivity contribution in [3.63, 3.8) is 0 Å². The molecule has 2 heterocycles. The van der Waals surface area contributed by atoms with Crippen molar-refractivity contribution in [1.82, 2.24) is 0 Å². The van der Waals surface area contributed by atoms with E-state index in [1.54, 1.807) is 48.5 Å². The van der Waals surface area contributed by atoms with Crippen molar-refractivity contribution in [3.8, 4) is 11.1 Å². The number of hydrogen-bond donors (Lipinski definition) is 1. The van der Waals surface area contributed by atoms with Crippen LogP contribution in [-0.4, -0.2) is 5.91 Å². The van der Waals surface area contributed by atoms with Crippen LogP contribution in [-0.2, 0) is 0 Å². The van der Waals surface area contributed by atoms with Crippen LogP contribution in [0, 0.1) is 0 Å². The van der Waals surface area contributed by atoms with Gasteiger partial charge in [-0.15, -0.1) is 0 Å². The number of hydrogen-bond acceptors (Lipinski definition) is 4. The Bertz CT molecular complexity index is 1150. The molecule has 0 radical (unpaired) electrons. The first kappa shape index (κ1) is 16.2. The Morgan fingerprint density at radius 1 is 1.00 bits per heavy atom. The zero-order valence-electron chi connectivity index (χ0n) is 13.4. The predicted octanol–water partition coefficient (Wildman–Crippen LogP) is 4.96. The summed E-state index contributed by atoms with van der Waals surface area (Å²) < 4.78 is 10.9. The van der Waals surface area contributed by atoms with Crippen molar-refractivity contribution in [1.29, 1.82) is 0 Å². The minimum Gasteiger partial charge on any atom is -0.459 e. The quantitative estimate of drug-likeness (QED) is 0.557. The molecule has 26 heavy (non-hydrogen) atoms. The number of halogens is 1. The van der Waals surface area contributed by atoms with Gasteiger partial charge in [-0.2, -0.15) is 0 Å². The molecule has 2 aromatic carbocycles. The second-order valence-corrected chi connectivity index (χ2v) is 6.01. The third-order valence-corrected chi connectivity index (χ3v) is 4.12. The summed E-state index contributed by atoms with van der Waals surface area (Å²) in [6, 6.07) is 16.9. The number of furan rings is 1. The normalized spacial score (nSPS) is 10.8. The average Bonchev–Trinajstić information content (AvgIpc) is 3.18. The fourth-order valence-electron chi connectivity index (χ4n) is 2.69. The number of rotatable bonds is 3. The van der Waals surface area contributed by atoms with Crippen LogP contribution in [0.3, 0.4) is 0 Å². The maximum atomic E-state index is 13.1. The Hall–Kier alpha value is -3.31. The molecule has 0 saturated heterocycles. The highest BCUT2D eigenvalue weighted by molar-refractivity contribution is 6.31. The average molecular weight is 366 g/mol. The zero-order chi connectivity index (χ0) is 18.1. The van der Waals surface area contributed by atoms with Crippen molar-refractivity contribution in [2.75, 3.05) is 5.32 Å². The molecular weight excluding hydrogens is 354 g/mol. The Morgan fingerprint density at radius 2 is 1.81 bits per heavy atom. The van der Waals surface area contributed by atoms with Crippen LogP contribution in [0.4, 0.5) is 5.88 Å². The lowest BCUT2D eigenvalue weighted by molar-refractivity contribution is 0.0994. The maximum absolute atomic E-state index is 13.1. The Morgan fingerprint density at radius 3 is 2.54 bits per heavy atom. The summed E-state index contributed by atoms with van der Waals surface area (Å²) in [6.45, 7) is 0. The minimum absolute atomic E-state index is 0.0532. The van der Waals surface area contributed by atoms with Gasteiger partial charge in [0.2, 0.25) is 11.3 Å². The Labute approximate surface area is 152 Å². The summed E-state index contributed by atoms with van der Waals surface area (Å²) >= 11 is 6.02. The van der Waals surface area contributed by atoms with E-state index in [0.29, 0.717) is 21.6 Å². The largest absolute Gasteiger partial charge is 0.459 e. The number of amides is 1. The van der Waals surface area contributed by atoms with E-state index in [-0.39, 0.29) is 22.6 Å². The number of fused-ring (bicyclic) bond motifs is 1. The van der Waals surface area contributed by atoms with Gasteiger partial charge in [0.25, 0.3) is 5.91 Å². The zero-order valence-corrected chi connectivity index (χ0v) is 14.1. The van der Waals surface area contributed by atoms with Gasteiger partial charge in [0, 0.05) is 5.02 Å². The van der Waals surface area contributed by atoms with Crippen molar-refractivity contribution in [3.05, 3.63) is 87.9 Å². The fraction of sp³-hybridized carbons (Fsp3) is 0. The molecule has 2 aromatic heterocycles. The predicted molar refractivity (Wildman–Crippen MR) is 99.6 cm³/mol. The molecule has 0 fully saturated rings. The van der Waals surface area contributed by atoms with Gasteiger partial charge in [-0.05, 0) is 35.9 Å². The monoisotopic (exact) mass is 365 g/mol. The van der Waals surface area contributed by atoms with Gasteiger partial charge in [0.05, 0.1) is 17.2 Å². The third kappa shape index (κ3) is 2.89. The van der Waals surface area contributed by atoms with Crippen molar-refractivity contribution in [2.45, 2.75) is 0 Å². The third-order valence-electron chi connectivity index (χ3n) is 3.89. The fourth-order valence-corrected chi connectivity index (χ4v) is 2.87. The molecule has 0 unspecified atom stereocenters. The topological polar surface area (TPSA) is 72.5 Å². The van der Waals surface area contributed by atoms with Gasteiger partial charge in [0.15, 0.2) is 5.76 Å². The van der Waals surface area contributed by atoms with Crippen LogP contribution in [0.5, 0.6) is 0 Å². The summed E-state index contributed by atoms with van der Waals surface area (Å²) in [4.78, 5) is 25.4. The van der Waals surface area contributed by atoms with E-state index < -0.39 is 5.91 Å². The SMILES string of the molecule is O=C(Nc1oc2ccc(Cl)cc2c(=O)c1-c1ccccc1)c1ccco1. The number of anilines is 1. The second-order valence-electron chi connectivity index (χ2n) is 5.57. The van der Waals surface area contributed by atoms with Crippen LogP contribution in [0.15, 0.2) is 80.6 Å². The summed E-state index contributed by atoms with van der Waals surface area (Å²) in [5.41, 5.74) is 0.918. The molecule has 4 rings (SSSR count). The van der Waals surface area contributed by atoms with Gasteiger partial charge < -0.3 is 8.83 Å². The summed E-state index contributed by atoms with van der Waals surface area (Å²) in [5.74, 6) is -0.344. The number of carbonyl (C=O) groups is 1. The molecule has 0 aliphatic heterocycles. The number of nitrogens with one attached hydrogen (secondary N) is 1. The van der Waals surface area contributed by atoms with Gasteiger partial charge >= 0.3 is 0 Å². The van der Waals surface area contributed by atoms with Gasteiger partial charge in [-0.3, -0.25) is 14.9 Å². The molecule has 0 saturated carbocycles.